The average molecular weight is 497 g/mol. The van der Waals surface area contributed by atoms with Crippen LogP contribution in [0, 0.1) is 0 Å². The summed E-state index contributed by atoms with van der Waals surface area (Å²) in [5, 5.41) is 7.50. The van der Waals surface area contributed by atoms with Gasteiger partial charge in [0.05, 0.1) is 33.6 Å². The molecule has 3 aromatic carbocycles. The molecular formula is C29H28N4O4. The van der Waals surface area contributed by atoms with Crippen LogP contribution in [0.3, 0.4) is 0 Å². The van der Waals surface area contributed by atoms with Crippen LogP contribution in [0.15, 0.2) is 71.8 Å². The molecule has 0 saturated carbocycles. The summed E-state index contributed by atoms with van der Waals surface area (Å²) < 4.78 is 16.3. The Kier molecular flexibility index (Phi) is 5.81. The fourth-order valence-corrected chi connectivity index (χ4v) is 5.43. The van der Waals surface area contributed by atoms with Gasteiger partial charge in [-0.25, -0.2) is 5.01 Å². The zero-order chi connectivity index (χ0) is 25.5. The van der Waals surface area contributed by atoms with E-state index in [1.807, 2.05) is 48.5 Å². The highest BCUT2D eigenvalue weighted by atomic mass is 16.5. The molecule has 1 saturated heterocycles. The molecule has 1 N–H and O–H groups in total. The fourth-order valence-electron chi connectivity index (χ4n) is 5.43. The number of nitrogens with one attached hydrogen (secondary N) is 1. The quantitative estimate of drug-likeness (QED) is 0.398. The van der Waals surface area contributed by atoms with Gasteiger partial charge in [0, 0.05) is 34.8 Å². The van der Waals surface area contributed by atoms with Crippen molar-refractivity contribution >= 4 is 23.0 Å². The summed E-state index contributed by atoms with van der Waals surface area (Å²) in [6.45, 7) is 0.611. The van der Waals surface area contributed by atoms with Crippen molar-refractivity contribution in [3.05, 3.63) is 89.1 Å². The number of nitrogens with zero attached hydrogens (tertiary/aromatic N) is 3. The lowest BCUT2D eigenvalue weighted by Gasteiger charge is -2.32. The number of carbonyl (C=O) groups excluding carboxylic acids is 1. The van der Waals surface area contributed by atoms with Gasteiger partial charge in [0.15, 0.2) is 0 Å². The summed E-state index contributed by atoms with van der Waals surface area (Å²) >= 11 is 0. The number of hydrazone groups is 1. The van der Waals surface area contributed by atoms with E-state index >= 15 is 0 Å². The van der Waals surface area contributed by atoms with Crippen molar-refractivity contribution in [2.75, 3.05) is 21.3 Å². The van der Waals surface area contributed by atoms with E-state index in [0.717, 1.165) is 28.1 Å². The Hall–Kier alpha value is -4.30. The van der Waals surface area contributed by atoms with Crippen LogP contribution in [0.4, 0.5) is 0 Å². The third kappa shape index (κ3) is 3.90. The Morgan fingerprint density at radius 3 is 2.57 bits per heavy atom. The number of hydrogen-bond donors (Lipinski definition) is 1. The number of aromatic amines is 1. The molecule has 0 radical (unpaired) electrons. The molecule has 37 heavy (non-hydrogen) atoms. The molecule has 6 rings (SSSR count). The number of para-hydroxylation sites is 1. The molecular weight excluding hydrogens is 468 g/mol. The van der Waals surface area contributed by atoms with Gasteiger partial charge < -0.3 is 19.2 Å². The number of H-pyrrole nitrogens is 1. The van der Waals surface area contributed by atoms with Gasteiger partial charge in [-0.2, -0.15) is 5.10 Å². The number of ether oxygens (including phenoxy) is 3. The smallest absolute Gasteiger partial charge is 0.262 e. The summed E-state index contributed by atoms with van der Waals surface area (Å²) in [4.78, 5) is 19.7. The van der Waals surface area contributed by atoms with Gasteiger partial charge in [0.2, 0.25) is 0 Å². The van der Waals surface area contributed by atoms with Crippen LogP contribution in [0.5, 0.6) is 17.2 Å². The SMILES string of the molecule is COc1cccc(C2N(N=Cc3ccc(OC)cc3OC)C(=O)[C@H]3Cc4c([nH]c5ccccc45)CN23)c1. The number of carbonyl (C=O) groups is 1. The fraction of sp³-hybridized carbons (Fsp3) is 0.241. The highest BCUT2D eigenvalue weighted by Crippen LogP contribution is 2.42. The number of amides is 1. The van der Waals surface area contributed by atoms with Gasteiger partial charge in [0.25, 0.3) is 5.91 Å². The van der Waals surface area contributed by atoms with Crippen molar-refractivity contribution in [1.29, 1.82) is 0 Å². The van der Waals surface area contributed by atoms with Crippen molar-refractivity contribution in [1.82, 2.24) is 14.9 Å². The lowest BCUT2D eigenvalue weighted by molar-refractivity contribution is -0.130. The molecule has 188 valence electrons. The van der Waals surface area contributed by atoms with Crippen LogP contribution in [-0.2, 0) is 17.8 Å². The van der Waals surface area contributed by atoms with Crippen molar-refractivity contribution in [2.24, 2.45) is 5.10 Å². The molecule has 1 amide bonds. The second kappa shape index (κ2) is 9.29. The zero-order valence-electron chi connectivity index (χ0n) is 21.0. The number of hydrogen-bond acceptors (Lipinski definition) is 6. The third-order valence-corrected chi connectivity index (χ3v) is 7.25. The lowest BCUT2D eigenvalue weighted by atomic mass is 9.97. The molecule has 1 unspecified atom stereocenters. The summed E-state index contributed by atoms with van der Waals surface area (Å²) in [5.41, 5.74) is 5.13. The molecule has 4 aromatic rings. The van der Waals surface area contributed by atoms with Crippen molar-refractivity contribution < 1.29 is 19.0 Å². The van der Waals surface area contributed by atoms with Gasteiger partial charge >= 0.3 is 0 Å². The molecule has 0 spiro atoms. The summed E-state index contributed by atoms with van der Waals surface area (Å²) in [6, 6.07) is 21.3. The minimum Gasteiger partial charge on any atom is -0.497 e. The molecule has 0 bridgehead atoms. The molecule has 8 heteroatoms. The van der Waals surface area contributed by atoms with Crippen LogP contribution >= 0.6 is 0 Å². The normalized spacial score (nSPS) is 19.3. The predicted molar refractivity (Wildman–Crippen MR) is 141 cm³/mol. The first-order chi connectivity index (χ1) is 18.1. The number of aromatic nitrogens is 1. The second-order valence-corrected chi connectivity index (χ2v) is 9.21. The molecule has 1 aromatic heterocycles. The van der Waals surface area contributed by atoms with Crippen molar-refractivity contribution in [3.8, 4) is 17.2 Å². The van der Waals surface area contributed by atoms with Gasteiger partial charge in [-0.3, -0.25) is 9.69 Å². The monoisotopic (exact) mass is 496 g/mol. The summed E-state index contributed by atoms with van der Waals surface area (Å²) in [6.07, 6.45) is 1.92. The Morgan fingerprint density at radius 2 is 1.76 bits per heavy atom. The van der Waals surface area contributed by atoms with E-state index in [1.165, 1.54) is 10.9 Å². The maximum Gasteiger partial charge on any atom is 0.262 e. The van der Waals surface area contributed by atoms with Crippen LogP contribution < -0.4 is 14.2 Å². The Bertz CT molecular complexity index is 1510. The van der Waals surface area contributed by atoms with Gasteiger partial charge in [-0.1, -0.05) is 30.3 Å². The van der Waals surface area contributed by atoms with Gasteiger partial charge in [-0.05, 0) is 47.9 Å². The number of methoxy groups -OCH3 is 3. The Balaban J connectivity index is 1.41. The molecule has 1 fully saturated rings. The highest BCUT2D eigenvalue weighted by molar-refractivity contribution is 5.91. The number of fused-ring (bicyclic) bond motifs is 4. The number of benzene rings is 3. The van der Waals surface area contributed by atoms with E-state index in [0.29, 0.717) is 24.5 Å². The largest absolute Gasteiger partial charge is 0.497 e. The first-order valence-electron chi connectivity index (χ1n) is 12.2. The van der Waals surface area contributed by atoms with E-state index in [2.05, 4.69) is 22.0 Å². The van der Waals surface area contributed by atoms with Crippen molar-refractivity contribution in [3.63, 3.8) is 0 Å². The maximum atomic E-state index is 13.9. The molecule has 3 heterocycles. The Labute approximate surface area is 215 Å². The topological polar surface area (TPSA) is 79.4 Å². The first-order valence-corrected chi connectivity index (χ1v) is 12.2. The summed E-state index contributed by atoms with van der Waals surface area (Å²) in [5.74, 6) is 2.00. The highest BCUT2D eigenvalue weighted by Gasteiger charge is 2.49. The van der Waals surface area contributed by atoms with E-state index in [1.54, 1.807) is 38.6 Å². The lowest BCUT2D eigenvalue weighted by Crippen LogP contribution is -2.39. The summed E-state index contributed by atoms with van der Waals surface area (Å²) in [7, 11) is 4.86. The van der Waals surface area contributed by atoms with E-state index in [9.17, 15) is 4.79 Å². The van der Waals surface area contributed by atoms with Crippen molar-refractivity contribution in [2.45, 2.75) is 25.2 Å². The zero-order valence-corrected chi connectivity index (χ0v) is 21.0. The predicted octanol–water partition coefficient (Wildman–Crippen LogP) is 4.50. The maximum absolute atomic E-state index is 13.9. The molecule has 2 atom stereocenters. The Morgan fingerprint density at radius 1 is 0.946 bits per heavy atom. The molecule has 8 nitrogen and oxygen atoms in total. The minimum absolute atomic E-state index is 0.0347. The van der Waals surface area contributed by atoms with E-state index in [-0.39, 0.29) is 18.1 Å². The van der Waals surface area contributed by atoms with Gasteiger partial charge in [0.1, 0.15) is 23.4 Å². The standard InChI is InChI=1S/C29H28N4O4/c1-35-20-8-6-7-18(13-20)28-32-17-25-23(22-9-4-5-10-24(22)31-25)15-26(32)29(34)33(28)30-16-19-11-12-21(36-2)14-27(19)37-3/h4-14,16,26,28,31H,15,17H2,1-3H3/t26-,28?/m1/s1. The third-order valence-electron chi connectivity index (χ3n) is 7.25. The molecule has 2 aliphatic rings. The second-order valence-electron chi connectivity index (χ2n) is 9.21. The van der Waals surface area contributed by atoms with Gasteiger partial charge in [-0.15, -0.1) is 0 Å². The molecule has 2 aliphatic heterocycles. The number of rotatable bonds is 6. The van der Waals surface area contributed by atoms with E-state index in [4.69, 9.17) is 19.3 Å². The minimum atomic E-state index is -0.382. The van der Waals surface area contributed by atoms with Crippen LogP contribution in [0.1, 0.15) is 28.6 Å². The van der Waals surface area contributed by atoms with Crippen LogP contribution in [-0.4, -0.2) is 54.4 Å². The average Bonchev–Trinajstić information content (AvgIpc) is 3.44. The molecule has 0 aliphatic carbocycles. The first kappa shape index (κ1) is 23.1. The van der Waals surface area contributed by atoms with E-state index < -0.39 is 0 Å². The van der Waals surface area contributed by atoms with Crippen LogP contribution in [0.2, 0.25) is 0 Å². The van der Waals surface area contributed by atoms with Crippen LogP contribution in [0.25, 0.3) is 10.9 Å².